The summed E-state index contributed by atoms with van der Waals surface area (Å²) in [6.45, 7) is 1.76. The van der Waals surface area contributed by atoms with Crippen LogP contribution in [0.15, 0.2) is 54.7 Å². The molecule has 0 radical (unpaired) electrons. The maximum Gasteiger partial charge on any atom is 0.258 e. The van der Waals surface area contributed by atoms with Crippen molar-refractivity contribution in [3.8, 4) is 6.07 Å². The fourth-order valence-corrected chi connectivity index (χ4v) is 4.56. The summed E-state index contributed by atoms with van der Waals surface area (Å²) in [7, 11) is 1.70. The number of aromatic nitrogens is 1. The minimum absolute atomic E-state index is 0.215. The highest BCUT2D eigenvalue weighted by molar-refractivity contribution is 7.80. The lowest BCUT2D eigenvalue weighted by Crippen LogP contribution is -2.60. The first-order chi connectivity index (χ1) is 17.7. The molecule has 7 nitrogen and oxygen atoms in total. The fraction of sp³-hybridized carbons (Fsp3) is 0.222. The van der Waals surface area contributed by atoms with E-state index in [4.69, 9.17) is 12.2 Å². The average Bonchev–Trinajstić information content (AvgIpc) is 2.86. The summed E-state index contributed by atoms with van der Waals surface area (Å²) in [6.07, 6.45) is 4.20. The van der Waals surface area contributed by atoms with Gasteiger partial charge in [0.05, 0.1) is 17.4 Å². The van der Waals surface area contributed by atoms with E-state index in [1.165, 1.54) is 48.7 Å². The smallest absolute Gasteiger partial charge is 0.258 e. The van der Waals surface area contributed by atoms with Crippen LogP contribution in [0.2, 0.25) is 0 Å². The van der Waals surface area contributed by atoms with Gasteiger partial charge >= 0.3 is 0 Å². The molecule has 1 fully saturated rings. The molecule has 1 amide bonds. The number of halogens is 2. The maximum atomic E-state index is 15.2. The first-order valence-corrected chi connectivity index (χ1v) is 11.9. The molecule has 1 aliphatic rings. The van der Waals surface area contributed by atoms with Gasteiger partial charge in [-0.1, -0.05) is 0 Å². The van der Waals surface area contributed by atoms with Gasteiger partial charge in [0.1, 0.15) is 35.2 Å². The zero-order valence-corrected chi connectivity index (χ0v) is 21.0. The summed E-state index contributed by atoms with van der Waals surface area (Å²) in [4.78, 5) is 32.3. The van der Waals surface area contributed by atoms with Crippen molar-refractivity contribution in [3.05, 3.63) is 83.2 Å². The molecule has 0 spiro atoms. The van der Waals surface area contributed by atoms with Crippen molar-refractivity contribution in [2.75, 3.05) is 22.2 Å². The predicted molar refractivity (Wildman–Crippen MR) is 141 cm³/mol. The predicted octanol–water partition coefficient (Wildman–Crippen LogP) is 5.14. The van der Waals surface area contributed by atoms with E-state index in [-0.39, 0.29) is 10.7 Å². The SMILES string of the molecule is Cc1cc(N(C)C(=S)N(c2ccc(C(=O)Nc3ccc(F)cc3)c(F)c2)C2(C=O)CCC2)cnc1C#N. The first kappa shape index (κ1) is 25.9. The molecule has 4 rings (SSSR count). The third-order valence-electron chi connectivity index (χ3n) is 6.48. The van der Waals surface area contributed by atoms with Gasteiger partial charge in [-0.3, -0.25) is 4.79 Å². The van der Waals surface area contributed by atoms with Gasteiger partial charge in [0.15, 0.2) is 5.11 Å². The Balaban J connectivity index is 1.66. The summed E-state index contributed by atoms with van der Waals surface area (Å²) in [6, 6.07) is 12.9. The zero-order chi connectivity index (χ0) is 26.7. The first-order valence-electron chi connectivity index (χ1n) is 11.5. The second kappa shape index (κ2) is 10.4. The van der Waals surface area contributed by atoms with E-state index in [1.54, 1.807) is 29.8 Å². The number of amides is 1. The lowest BCUT2D eigenvalue weighted by molar-refractivity contribution is -0.114. The summed E-state index contributed by atoms with van der Waals surface area (Å²) >= 11 is 5.77. The van der Waals surface area contributed by atoms with Crippen molar-refractivity contribution < 1.29 is 18.4 Å². The van der Waals surface area contributed by atoms with Crippen LogP contribution in [0.3, 0.4) is 0 Å². The number of pyridine rings is 1. The lowest BCUT2D eigenvalue weighted by Gasteiger charge is -2.48. The number of nitrogens with one attached hydrogen (secondary N) is 1. The minimum Gasteiger partial charge on any atom is -0.322 e. The molecular weight excluding hydrogens is 496 g/mol. The number of hydrogen-bond donors (Lipinski definition) is 1. The molecule has 3 aromatic rings. The molecule has 188 valence electrons. The molecular formula is C27H23F2N5O2S. The Morgan fingerprint density at radius 1 is 1.16 bits per heavy atom. The van der Waals surface area contributed by atoms with Gasteiger partial charge < -0.3 is 19.9 Å². The van der Waals surface area contributed by atoms with Crippen LogP contribution in [0.1, 0.15) is 40.9 Å². The highest BCUT2D eigenvalue weighted by Gasteiger charge is 2.45. The number of carbonyl (C=O) groups excluding carboxylic acids is 2. The van der Waals surface area contributed by atoms with Crippen LogP contribution >= 0.6 is 12.2 Å². The molecule has 1 heterocycles. The number of thiocarbonyl (C=S) groups is 1. The van der Waals surface area contributed by atoms with E-state index in [0.29, 0.717) is 41.2 Å². The number of carbonyl (C=O) groups is 2. The van der Waals surface area contributed by atoms with Crippen molar-refractivity contribution in [3.63, 3.8) is 0 Å². The molecule has 1 saturated carbocycles. The maximum absolute atomic E-state index is 15.2. The standard InChI is InChI=1S/C27H23F2N5O2S/c1-17-12-21(15-31-24(17)14-30)33(2)26(37)34(27(16-35)10-3-11-27)20-8-9-22(23(29)13-20)25(36)32-19-6-4-18(28)5-7-19/h4-9,12-13,15-16H,3,10-11H2,1-2H3,(H,32,36). The summed E-state index contributed by atoms with van der Waals surface area (Å²) in [5, 5.41) is 11.9. The summed E-state index contributed by atoms with van der Waals surface area (Å²) in [5.41, 5.74) is 1.02. The fourth-order valence-electron chi connectivity index (χ4n) is 4.17. The van der Waals surface area contributed by atoms with Crippen LogP contribution in [-0.2, 0) is 4.79 Å². The minimum atomic E-state index is -0.954. The number of aldehydes is 1. The van der Waals surface area contributed by atoms with Crippen LogP contribution in [0.25, 0.3) is 0 Å². The van der Waals surface area contributed by atoms with Crippen molar-refractivity contribution in [2.24, 2.45) is 0 Å². The number of nitrogens with zero attached hydrogens (tertiary/aromatic N) is 4. The molecule has 0 bridgehead atoms. The van der Waals surface area contributed by atoms with Crippen molar-refractivity contribution >= 4 is 46.6 Å². The molecule has 2 aromatic carbocycles. The number of aryl methyl sites for hydroxylation is 1. The Hall–Kier alpha value is -4.23. The zero-order valence-electron chi connectivity index (χ0n) is 20.2. The quantitative estimate of drug-likeness (QED) is 0.356. The molecule has 10 heteroatoms. The highest BCUT2D eigenvalue weighted by atomic mass is 32.1. The van der Waals surface area contributed by atoms with Crippen molar-refractivity contribution in [1.82, 2.24) is 4.98 Å². The van der Waals surface area contributed by atoms with Gasteiger partial charge in [-0.15, -0.1) is 0 Å². The number of anilines is 3. The number of hydrogen-bond acceptors (Lipinski definition) is 5. The Labute approximate surface area is 218 Å². The van der Waals surface area contributed by atoms with Gasteiger partial charge in [-0.25, -0.2) is 13.8 Å². The van der Waals surface area contributed by atoms with Crippen LogP contribution < -0.4 is 15.1 Å². The Morgan fingerprint density at radius 3 is 2.41 bits per heavy atom. The molecule has 37 heavy (non-hydrogen) atoms. The van der Waals surface area contributed by atoms with E-state index in [9.17, 15) is 19.2 Å². The number of benzene rings is 2. The summed E-state index contributed by atoms with van der Waals surface area (Å²) < 4.78 is 28.4. The molecule has 0 saturated heterocycles. The van der Waals surface area contributed by atoms with Gasteiger partial charge in [-0.05, 0) is 92.5 Å². The molecule has 0 unspecified atom stereocenters. The highest BCUT2D eigenvalue weighted by Crippen LogP contribution is 2.40. The van der Waals surface area contributed by atoms with E-state index >= 15 is 4.39 Å². The third-order valence-corrected chi connectivity index (χ3v) is 6.93. The van der Waals surface area contributed by atoms with E-state index in [1.807, 2.05) is 6.07 Å². The Kier molecular flexibility index (Phi) is 7.27. The van der Waals surface area contributed by atoms with Crippen molar-refractivity contribution in [2.45, 2.75) is 31.7 Å². The molecule has 1 aliphatic carbocycles. The molecule has 0 aliphatic heterocycles. The van der Waals surface area contributed by atoms with Gasteiger partial charge in [0.2, 0.25) is 0 Å². The average molecular weight is 520 g/mol. The van der Waals surface area contributed by atoms with E-state index in [2.05, 4.69) is 10.3 Å². The molecule has 0 atom stereocenters. The van der Waals surface area contributed by atoms with Crippen molar-refractivity contribution in [1.29, 1.82) is 5.26 Å². The van der Waals surface area contributed by atoms with E-state index < -0.39 is 23.1 Å². The van der Waals surface area contributed by atoms with Crippen LogP contribution in [-0.4, -0.2) is 34.9 Å². The van der Waals surface area contributed by atoms with E-state index in [0.717, 1.165) is 12.7 Å². The van der Waals surface area contributed by atoms with Gasteiger partial charge in [-0.2, -0.15) is 5.26 Å². The summed E-state index contributed by atoms with van der Waals surface area (Å²) in [5.74, 6) is -1.96. The monoisotopic (exact) mass is 519 g/mol. The van der Waals surface area contributed by atoms with Gasteiger partial charge in [0.25, 0.3) is 5.91 Å². The normalized spacial score (nSPS) is 13.6. The second-order valence-electron chi connectivity index (χ2n) is 8.85. The topological polar surface area (TPSA) is 89.3 Å². The molecule has 1 N–H and O–H groups in total. The Morgan fingerprint density at radius 2 is 1.86 bits per heavy atom. The lowest BCUT2D eigenvalue weighted by atomic mass is 9.76. The van der Waals surface area contributed by atoms with Crippen LogP contribution in [0, 0.1) is 29.9 Å². The van der Waals surface area contributed by atoms with Gasteiger partial charge in [0, 0.05) is 18.4 Å². The van der Waals surface area contributed by atoms with Crippen LogP contribution in [0.5, 0.6) is 0 Å². The molecule has 1 aromatic heterocycles. The Bertz CT molecular complexity index is 1420. The number of nitriles is 1. The largest absolute Gasteiger partial charge is 0.322 e. The second-order valence-corrected chi connectivity index (χ2v) is 9.21. The number of rotatable bonds is 6. The third kappa shape index (κ3) is 5.04. The van der Waals surface area contributed by atoms with Crippen LogP contribution in [0.4, 0.5) is 25.8 Å².